The zero-order valence-electron chi connectivity index (χ0n) is 17.5. The fourth-order valence-electron chi connectivity index (χ4n) is 4.26. The van der Waals surface area contributed by atoms with Crippen LogP contribution in [0.3, 0.4) is 0 Å². The lowest BCUT2D eigenvalue weighted by molar-refractivity contribution is -0.129. The number of hydrogen-bond acceptors (Lipinski definition) is 4. The number of aliphatic imine (C=N–C) groups is 1. The van der Waals surface area contributed by atoms with Crippen LogP contribution in [0.5, 0.6) is 5.75 Å². The van der Waals surface area contributed by atoms with Gasteiger partial charge >= 0.3 is 0 Å². The molecular formula is C24H26N2O3S. The van der Waals surface area contributed by atoms with Crippen LogP contribution in [0.1, 0.15) is 25.8 Å². The molecule has 3 atom stereocenters. The minimum atomic E-state index is -0.271. The van der Waals surface area contributed by atoms with Crippen molar-refractivity contribution in [2.24, 2.45) is 16.8 Å². The van der Waals surface area contributed by atoms with Gasteiger partial charge in [0, 0.05) is 18.7 Å². The van der Waals surface area contributed by atoms with Crippen molar-refractivity contribution in [3.63, 3.8) is 0 Å². The van der Waals surface area contributed by atoms with Crippen molar-refractivity contribution in [2.45, 2.75) is 25.5 Å². The topological polar surface area (TPSA) is 59.0 Å². The molecule has 2 heterocycles. The molecule has 2 aliphatic heterocycles. The number of hydrogen-bond donors (Lipinski definition) is 0. The zero-order chi connectivity index (χ0) is 21.3. The zero-order valence-corrected chi connectivity index (χ0v) is 18.3. The lowest BCUT2D eigenvalue weighted by atomic mass is 9.91. The molecule has 1 aromatic carbocycles. The molecule has 0 aromatic heterocycles. The second kappa shape index (κ2) is 8.64. The van der Waals surface area contributed by atoms with Crippen molar-refractivity contribution in [1.82, 2.24) is 4.90 Å². The van der Waals surface area contributed by atoms with E-state index in [1.165, 1.54) is 11.8 Å². The minimum absolute atomic E-state index is 0.0287. The van der Waals surface area contributed by atoms with Crippen molar-refractivity contribution in [3.8, 4) is 5.75 Å². The Morgan fingerprint density at radius 1 is 1.27 bits per heavy atom. The van der Waals surface area contributed by atoms with Crippen LogP contribution in [-0.2, 0) is 9.59 Å². The standard InChI is InChI=1S/C24H26N2O3S/c1-15-9-16(2)14-26(13-15)24(28)18-7-8-21-20(12-18)25-23(27)22(30-21)11-17-5-4-6-19(10-17)29-3/h4-8,10-12,15-16,21H,9,13-14H2,1-3H3/b22-11+. The van der Waals surface area contributed by atoms with Gasteiger partial charge in [-0.1, -0.05) is 38.1 Å². The number of thioether (sulfide) groups is 1. The van der Waals surface area contributed by atoms with Gasteiger partial charge < -0.3 is 9.64 Å². The largest absolute Gasteiger partial charge is 0.497 e. The summed E-state index contributed by atoms with van der Waals surface area (Å²) in [5.41, 5.74) is 2.15. The molecule has 1 aliphatic carbocycles. The third-order valence-corrected chi connectivity index (χ3v) is 6.73. The molecule has 1 saturated heterocycles. The van der Waals surface area contributed by atoms with Crippen molar-refractivity contribution >= 4 is 35.4 Å². The second-order valence-electron chi connectivity index (χ2n) is 8.28. The molecule has 0 bridgehead atoms. The van der Waals surface area contributed by atoms with E-state index in [1.54, 1.807) is 13.2 Å². The van der Waals surface area contributed by atoms with Crippen molar-refractivity contribution in [1.29, 1.82) is 0 Å². The summed E-state index contributed by atoms with van der Waals surface area (Å²) in [6, 6.07) is 7.57. The monoisotopic (exact) mass is 422 g/mol. The van der Waals surface area contributed by atoms with Crippen LogP contribution in [-0.4, -0.2) is 47.9 Å². The number of rotatable bonds is 3. The van der Waals surface area contributed by atoms with Crippen molar-refractivity contribution in [2.75, 3.05) is 20.2 Å². The van der Waals surface area contributed by atoms with Gasteiger partial charge in [-0.3, -0.25) is 9.59 Å². The molecule has 0 N–H and O–H groups in total. The van der Waals surface area contributed by atoms with E-state index in [-0.39, 0.29) is 17.1 Å². The van der Waals surface area contributed by atoms with Gasteiger partial charge in [0.2, 0.25) is 0 Å². The Labute approximate surface area is 181 Å². The lowest BCUT2D eigenvalue weighted by Crippen LogP contribution is -2.43. The highest BCUT2D eigenvalue weighted by atomic mass is 32.2. The highest BCUT2D eigenvalue weighted by molar-refractivity contribution is 8.05. The average molecular weight is 423 g/mol. The molecule has 30 heavy (non-hydrogen) atoms. The lowest BCUT2D eigenvalue weighted by Gasteiger charge is -2.35. The third-order valence-electron chi connectivity index (χ3n) is 5.54. The summed E-state index contributed by atoms with van der Waals surface area (Å²) in [6.45, 7) is 5.94. The number of carbonyl (C=O) groups is 2. The predicted molar refractivity (Wildman–Crippen MR) is 122 cm³/mol. The number of benzene rings is 1. The van der Waals surface area contributed by atoms with E-state index in [9.17, 15) is 9.59 Å². The van der Waals surface area contributed by atoms with Crippen LogP contribution >= 0.6 is 11.8 Å². The molecule has 2 amide bonds. The van der Waals surface area contributed by atoms with Crippen LogP contribution in [0.4, 0.5) is 0 Å². The molecule has 156 valence electrons. The predicted octanol–water partition coefficient (Wildman–Crippen LogP) is 4.12. The molecule has 1 aromatic rings. The number of methoxy groups -OCH3 is 1. The molecule has 1 fully saturated rings. The molecule has 6 heteroatoms. The summed E-state index contributed by atoms with van der Waals surface area (Å²) >= 11 is 1.47. The Morgan fingerprint density at radius 3 is 2.77 bits per heavy atom. The maximum absolute atomic E-state index is 13.0. The number of amides is 2. The minimum Gasteiger partial charge on any atom is -0.497 e. The Bertz CT molecular complexity index is 982. The van der Waals surface area contributed by atoms with E-state index in [2.05, 4.69) is 18.8 Å². The summed E-state index contributed by atoms with van der Waals surface area (Å²) in [6.07, 6.45) is 8.62. The van der Waals surface area contributed by atoms with Crippen molar-refractivity contribution in [3.05, 3.63) is 58.5 Å². The maximum Gasteiger partial charge on any atom is 0.283 e. The first-order valence-electron chi connectivity index (χ1n) is 10.3. The van der Waals surface area contributed by atoms with Gasteiger partial charge in [0.1, 0.15) is 5.75 Å². The number of carbonyl (C=O) groups excluding carboxylic acids is 2. The van der Waals surface area contributed by atoms with E-state index < -0.39 is 0 Å². The summed E-state index contributed by atoms with van der Waals surface area (Å²) in [4.78, 5) is 32.4. The van der Waals surface area contributed by atoms with Gasteiger partial charge in [-0.25, -0.2) is 4.99 Å². The normalized spacial score (nSPS) is 27.4. The molecule has 0 spiro atoms. The fraction of sp³-hybridized carbons (Fsp3) is 0.375. The first kappa shape index (κ1) is 20.7. The van der Waals surface area contributed by atoms with E-state index >= 15 is 0 Å². The van der Waals surface area contributed by atoms with Crippen LogP contribution in [0.15, 0.2) is 58.0 Å². The number of ether oxygens (including phenoxy) is 1. The van der Waals surface area contributed by atoms with Gasteiger partial charge in [0.25, 0.3) is 11.8 Å². The van der Waals surface area contributed by atoms with Gasteiger partial charge in [-0.05, 0) is 48.1 Å². The number of nitrogens with zero attached hydrogens (tertiary/aromatic N) is 2. The SMILES string of the molecule is COc1cccc(/C=C2/SC3C=CC(C(=O)N4CC(C)CC(C)C4)=CC3=NC2=O)c1. The first-order chi connectivity index (χ1) is 14.4. The molecule has 3 aliphatic rings. The molecule has 3 unspecified atom stereocenters. The average Bonchev–Trinajstić information content (AvgIpc) is 2.73. The van der Waals surface area contributed by atoms with Crippen LogP contribution in [0.2, 0.25) is 0 Å². The molecule has 4 rings (SSSR count). The molecule has 0 saturated carbocycles. The quantitative estimate of drug-likeness (QED) is 0.688. The van der Waals surface area contributed by atoms with E-state index in [0.29, 0.717) is 28.0 Å². The van der Waals surface area contributed by atoms with Gasteiger partial charge in [-0.2, -0.15) is 0 Å². The molecular weight excluding hydrogens is 396 g/mol. The summed E-state index contributed by atoms with van der Waals surface area (Å²) in [5.74, 6) is 1.51. The number of allylic oxidation sites excluding steroid dienone is 1. The maximum atomic E-state index is 13.0. The van der Waals surface area contributed by atoms with Crippen molar-refractivity contribution < 1.29 is 14.3 Å². The third kappa shape index (κ3) is 4.43. The number of fused-ring (bicyclic) bond motifs is 1. The highest BCUT2D eigenvalue weighted by Crippen LogP contribution is 2.34. The van der Waals surface area contributed by atoms with Gasteiger partial charge in [0.05, 0.1) is 23.0 Å². The fourth-order valence-corrected chi connectivity index (χ4v) is 5.28. The van der Waals surface area contributed by atoms with Crippen LogP contribution in [0, 0.1) is 11.8 Å². The first-order valence-corrected chi connectivity index (χ1v) is 11.2. The molecule has 5 nitrogen and oxygen atoms in total. The van der Waals surface area contributed by atoms with Crippen LogP contribution in [0.25, 0.3) is 6.08 Å². The highest BCUT2D eigenvalue weighted by Gasteiger charge is 2.31. The van der Waals surface area contributed by atoms with E-state index in [4.69, 9.17) is 4.74 Å². The summed E-state index contributed by atoms with van der Waals surface area (Å²) in [5, 5.41) is -0.0599. The van der Waals surface area contributed by atoms with Gasteiger partial charge in [0.15, 0.2) is 0 Å². The van der Waals surface area contributed by atoms with E-state index in [0.717, 1.165) is 30.8 Å². The van der Waals surface area contributed by atoms with Gasteiger partial charge in [-0.15, -0.1) is 11.8 Å². The molecule has 0 radical (unpaired) electrons. The number of likely N-dealkylation sites (tertiary alicyclic amines) is 1. The van der Waals surface area contributed by atoms with Crippen LogP contribution < -0.4 is 4.74 Å². The second-order valence-corrected chi connectivity index (χ2v) is 9.46. The Kier molecular flexibility index (Phi) is 5.95. The summed E-state index contributed by atoms with van der Waals surface area (Å²) < 4.78 is 5.25. The Morgan fingerprint density at radius 2 is 2.03 bits per heavy atom. The Balaban J connectivity index is 1.54. The van der Waals surface area contributed by atoms with E-state index in [1.807, 2.05) is 47.4 Å². The smallest absolute Gasteiger partial charge is 0.283 e. The summed E-state index contributed by atoms with van der Waals surface area (Å²) in [7, 11) is 1.62. The number of piperidine rings is 1. The Hall–Kier alpha value is -2.60.